The zero-order valence-corrected chi connectivity index (χ0v) is 19.7. The Morgan fingerprint density at radius 1 is 1.20 bits per heavy atom. The number of fused-ring (bicyclic) bond motifs is 3. The summed E-state index contributed by atoms with van der Waals surface area (Å²) in [4.78, 5) is 32.3. The van der Waals surface area contributed by atoms with Crippen LogP contribution in [-0.2, 0) is 4.79 Å². The van der Waals surface area contributed by atoms with E-state index in [1.807, 2.05) is 16.7 Å². The highest BCUT2D eigenvalue weighted by atomic mass is 16.6. The minimum atomic E-state index is -0.306. The van der Waals surface area contributed by atoms with Crippen molar-refractivity contribution in [1.29, 1.82) is 0 Å². The second-order valence-electron chi connectivity index (χ2n) is 8.59. The lowest BCUT2D eigenvalue weighted by Crippen LogP contribution is -2.34. The van der Waals surface area contributed by atoms with Crippen LogP contribution in [0.4, 0.5) is 5.95 Å². The van der Waals surface area contributed by atoms with Gasteiger partial charge in [-0.15, -0.1) is 0 Å². The van der Waals surface area contributed by atoms with E-state index in [1.165, 1.54) is 6.08 Å². The Balaban J connectivity index is 1.60. The van der Waals surface area contributed by atoms with Crippen LogP contribution in [0.5, 0.6) is 17.2 Å². The maximum atomic E-state index is 13.2. The minimum absolute atomic E-state index is 0.107. The molecule has 1 N–H and O–H groups in total. The van der Waals surface area contributed by atoms with E-state index < -0.39 is 0 Å². The van der Waals surface area contributed by atoms with Gasteiger partial charge in [-0.2, -0.15) is 0 Å². The molecule has 0 saturated carbocycles. The number of methoxy groups -OCH3 is 1. The molecule has 1 aromatic heterocycles. The van der Waals surface area contributed by atoms with Crippen molar-refractivity contribution in [2.75, 3.05) is 38.7 Å². The summed E-state index contributed by atoms with van der Waals surface area (Å²) in [5, 5.41) is 2.99. The molecular formula is C26H28N4O5. The maximum absolute atomic E-state index is 13.2. The summed E-state index contributed by atoms with van der Waals surface area (Å²) in [6.07, 6.45) is 3.99. The summed E-state index contributed by atoms with van der Waals surface area (Å²) >= 11 is 0. The van der Waals surface area contributed by atoms with E-state index >= 15 is 0 Å². The lowest BCUT2D eigenvalue weighted by atomic mass is 10.1. The van der Waals surface area contributed by atoms with Gasteiger partial charge >= 0.3 is 0 Å². The average Bonchev–Trinajstić information content (AvgIpc) is 3.09. The molecule has 2 amide bonds. The molecule has 1 fully saturated rings. The Labute approximate surface area is 203 Å². The molecule has 0 bridgehead atoms. The van der Waals surface area contributed by atoms with Crippen molar-refractivity contribution in [3.63, 3.8) is 0 Å². The molecule has 1 unspecified atom stereocenters. The third-order valence-electron chi connectivity index (χ3n) is 6.41. The highest BCUT2D eigenvalue weighted by Crippen LogP contribution is 2.41. The number of carbonyl (C=O) groups excluding carboxylic acids is 2. The first-order valence-corrected chi connectivity index (χ1v) is 11.8. The van der Waals surface area contributed by atoms with Crippen LogP contribution in [0.1, 0.15) is 35.7 Å². The van der Waals surface area contributed by atoms with Gasteiger partial charge in [-0.3, -0.25) is 14.9 Å². The summed E-state index contributed by atoms with van der Waals surface area (Å²) in [7, 11) is 1.56. The van der Waals surface area contributed by atoms with Gasteiger partial charge in [0, 0.05) is 18.7 Å². The summed E-state index contributed by atoms with van der Waals surface area (Å²) in [5.74, 6) is 1.82. The Kier molecular flexibility index (Phi) is 6.31. The van der Waals surface area contributed by atoms with Gasteiger partial charge in [-0.25, -0.2) is 4.98 Å². The molecule has 1 atom stereocenters. The predicted molar refractivity (Wildman–Crippen MR) is 131 cm³/mol. The summed E-state index contributed by atoms with van der Waals surface area (Å²) in [6.45, 7) is 5.69. The third kappa shape index (κ3) is 4.41. The molecule has 3 aromatic rings. The summed E-state index contributed by atoms with van der Waals surface area (Å²) in [6, 6.07) is 10.5. The zero-order valence-electron chi connectivity index (χ0n) is 19.7. The number of ether oxygens (including phenoxy) is 3. The van der Waals surface area contributed by atoms with Gasteiger partial charge in [0.15, 0.2) is 11.5 Å². The fourth-order valence-electron chi connectivity index (χ4n) is 4.73. The van der Waals surface area contributed by atoms with Gasteiger partial charge in [-0.1, -0.05) is 12.6 Å². The molecule has 0 spiro atoms. The Hall–Kier alpha value is -4.01. The van der Waals surface area contributed by atoms with Crippen LogP contribution in [-0.4, -0.2) is 59.7 Å². The van der Waals surface area contributed by atoms with E-state index in [-0.39, 0.29) is 17.9 Å². The molecule has 1 saturated heterocycles. The minimum Gasteiger partial charge on any atom is -0.497 e. The first-order chi connectivity index (χ1) is 17.1. The first-order valence-electron chi connectivity index (χ1n) is 11.8. The van der Waals surface area contributed by atoms with Crippen LogP contribution in [0.15, 0.2) is 49.1 Å². The van der Waals surface area contributed by atoms with E-state index in [0.717, 1.165) is 24.8 Å². The van der Waals surface area contributed by atoms with Crippen LogP contribution in [0.3, 0.4) is 0 Å². The second kappa shape index (κ2) is 9.69. The van der Waals surface area contributed by atoms with Crippen LogP contribution < -0.4 is 19.5 Å². The van der Waals surface area contributed by atoms with E-state index in [0.29, 0.717) is 60.6 Å². The fraction of sp³-hybridized carbons (Fsp3) is 0.346. The van der Waals surface area contributed by atoms with E-state index in [1.54, 1.807) is 36.3 Å². The van der Waals surface area contributed by atoms with E-state index in [9.17, 15) is 9.59 Å². The summed E-state index contributed by atoms with van der Waals surface area (Å²) < 4.78 is 19.1. The highest BCUT2D eigenvalue weighted by Gasteiger charge is 2.30. The van der Waals surface area contributed by atoms with Gasteiger partial charge in [0.1, 0.15) is 24.5 Å². The smallest absolute Gasteiger partial charge is 0.258 e. The van der Waals surface area contributed by atoms with Crippen LogP contribution in [0, 0.1) is 0 Å². The molecule has 9 heteroatoms. The third-order valence-corrected chi connectivity index (χ3v) is 6.41. The van der Waals surface area contributed by atoms with Crippen LogP contribution in [0.25, 0.3) is 11.0 Å². The quantitative estimate of drug-likeness (QED) is 0.563. The molecule has 2 aliphatic heterocycles. The van der Waals surface area contributed by atoms with E-state index in [4.69, 9.17) is 19.2 Å². The molecule has 3 heterocycles. The molecule has 9 nitrogen and oxygen atoms in total. The maximum Gasteiger partial charge on any atom is 0.258 e. The molecule has 0 aliphatic carbocycles. The number of hydrogen-bond acceptors (Lipinski definition) is 6. The monoisotopic (exact) mass is 476 g/mol. The molecule has 182 valence electrons. The van der Waals surface area contributed by atoms with Crippen molar-refractivity contribution in [2.24, 2.45) is 0 Å². The topological polar surface area (TPSA) is 94.9 Å². The Bertz CT molecular complexity index is 1280. The standard InChI is InChI=1S/C26H28N4O5/c1-3-22(31)29-12-5-4-8-18(16-29)30-23-20(10-11-21-24(23)35-14-13-34-21)27-26(30)28-25(32)17-7-6-9-19(15-17)33-2/h3,6-7,9-11,15,18H,1,4-5,8,12-14,16H2,2H3,(H,27,28,32). The van der Waals surface area contributed by atoms with Gasteiger partial charge in [0.05, 0.1) is 18.7 Å². The molecular weight excluding hydrogens is 448 g/mol. The van der Waals surface area contributed by atoms with Crippen molar-refractivity contribution in [3.8, 4) is 17.2 Å². The van der Waals surface area contributed by atoms with Crippen LogP contribution in [0.2, 0.25) is 0 Å². The number of carbonyl (C=O) groups is 2. The molecule has 5 rings (SSSR count). The van der Waals surface area contributed by atoms with Gasteiger partial charge in [0.2, 0.25) is 11.9 Å². The lowest BCUT2D eigenvalue weighted by molar-refractivity contribution is -0.126. The first kappa shape index (κ1) is 22.8. The largest absolute Gasteiger partial charge is 0.497 e. The number of likely N-dealkylation sites (tertiary alicyclic amines) is 1. The lowest BCUT2D eigenvalue weighted by Gasteiger charge is -2.27. The molecule has 2 aromatic carbocycles. The number of nitrogens with one attached hydrogen (secondary N) is 1. The number of nitrogens with zero attached hydrogens (tertiary/aromatic N) is 3. The molecule has 35 heavy (non-hydrogen) atoms. The zero-order chi connectivity index (χ0) is 24.4. The van der Waals surface area contributed by atoms with Crippen molar-refractivity contribution >= 4 is 28.8 Å². The number of hydrogen-bond donors (Lipinski definition) is 1. The fourth-order valence-corrected chi connectivity index (χ4v) is 4.73. The van der Waals surface area contributed by atoms with Crippen LogP contribution >= 0.6 is 0 Å². The van der Waals surface area contributed by atoms with Crippen molar-refractivity contribution in [2.45, 2.75) is 25.3 Å². The Morgan fingerprint density at radius 2 is 2.06 bits per heavy atom. The van der Waals surface area contributed by atoms with Crippen molar-refractivity contribution < 1.29 is 23.8 Å². The number of anilines is 1. The number of benzene rings is 2. The Morgan fingerprint density at radius 3 is 2.89 bits per heavy atom. The number of imidazole rings is 1. The highest BCUT2D eigenvalue weighted by molar-refractivity contribution is 6.04. The predicted octanol–water partition coefficient (Wildman–Crippen LogP) is 3.81. The number of rotatable bonds is 5. The van der Waals surface area contributed by atoms with Gasteiger partial charge in [-0.05, 0) is 55.7 Å². The SMILES string of the molecule is C=CC(=O)N1CCCCC(n2c(NC(=O)c3cccc(OC)c3)nc3ccc4c(c32)OCCO4)C1. The average molecular weight is 477 g/mol. The number of amides is 2. The normalized spacial score (nSPS) is 17.5. The summed E-state index contributed by atoms with van der Waals surface area (Å²) in [5.41, 5.74) is 1.89. The second-order valence-corrected chi connectivity index (χ2v) is 8.59. The van der Waals surface area contributed by atoms with Gasteiger partial charge < -0.3 is 23.7 Å². The molecule has 0 radical (unpaired) electrons. The van der Waals surface area contributed by atoms with Crippen molar-refractivity contribution in [3.05, 3.63) is 54.6 Å². The van der Waals surface area contributed by atoms with Gasteiger partial charge in [0.25, 0.3) is 5.91 Å². The van der Waals surface area contributed by atoms with Crippen molar-refractivity contribution in [1.82, 2.24) is 14.5 Å². The molecule has 2 aliphatic rings. The number of aromatic nitrogens is 2. The van der Waals surface area contributed by atoms with E-state index in [2.05, 4.69) is 11.9 Å².